The fraction of sp³-hybridized carbons (Fsp3) is 0.0476. The van der Waals surface area contributed by atoms with Gasteiger partial charge in [-0.25, -0.2) is 9.97 Å². The Balaban J connectivity index is 1.95. The van der Waals surface area contributed by atoms with Gasteiger partial charge >= 0.3 is 0 Å². The summed E-state index contributed by atoms with van der Waals surface area (Å²) < 4.78 is 0. The molecule has 3 aromatic heterocycles. The molecule has 0 amide bonds. The fourth-order valence-electron chi connectivity index (χ4n) is 2.90. The third kappa shape index (κ3) is 3.28. The van der Waals surface area contributed by atoms with Gasteiger partial charge in [-0.15, -0.1) is 0 Å². The second kappa shape index (κ2) is 7.11. The monoisotopic (exact) mass is 339 g/mol. The standard InChI is InChI=1S/C21H17N5/c22-21-25-19(17-10-4-6-12-23-17)16(14-15-8-2-1-3-9-15)20(26-21)18-11-5-7-13-24-18/h1-13H,14H2,(H2,22,25,26). The van der Waals surface area contributed by atoms with Crippen molar-refractivity contribution in [2.24, 2.45) is 0 Å². The number of nitrogen functional groups attached to an aromatic ring is 1. The van der Waals surface area contributed by atoms with Crippen molar-refractivity contribution in [3.8, 4) is 22.8 Å². The van der Waals surface area contributed by atoms with Crippen LogP contribution in [0.5, 0.6) is 0 Å². The van der Waals surface area contributed by atoms with Gasteiger partial charge in [0.2, 0.25) is 5.95 Å². The van der Waals surface area contributed by atoms with Crippen LogP contribution in [-0.2, 0) is 6.42 Å². The summed E-state index contributed by atoms with van der Waals surface area (Å²) in [6.07, 6.45) is 4.17. The van der Waals surface area contributed by atoms with E-state index in [1.54, 1.807) is 12.4 Å². The molecule has 3 heterocycles. The van der Waals surface area contributed by atoms with E-state index in [4.69, 9.17) is 5.73 Å². The van der Waals surface area contributed by atoms with Crippen LogP contribution in [0, 0.1) is 0 Å². The molecule has 126 valence electrons. The van der Waals surface area contributed by atoms with E-state index >= 15 is 0 Å². The zero-order chi connectivity index (χ0) is 17.8. The molecule has 4 rings (SSSR count). The van der Waals surface area contributed by atoms with Crippen molar-refractivity contribution in [1.29, 1.82) is 0 Å². The van der Waals surface area contributed by atoms with E-state index in [1.165, 1.54) is 0 Å². The number of pyridine rings is 2. The summed E-state index contributed by atoms with van der Waals surface area (Å²) in [6, 6.07) is 21.7. The van der Waals surface area contributed by atoms with E-state index in [0.717, 1.165) is 33.9 Å². The summed E-state index contributed by atoms with van der Waals surface area (Å²) in [5.41, 5.74) is 11.2. The van der Waals surface area contributed by atoms with Crippen molar-refractivity contribution in [1.82, 2.24) is 19.9 Å². The molecule has 0 spiro atoms. The molecule has 1 aromatic carbocycles. The van der Waals surface area contributed by atoms with E-state index in [9.17, 15) is 0 Å². The Morgan fingerprint density at radius 3 is 1.69 bits per heavy atom. The van der Waals surface area contributed by atoms with Gasteiger partial charge in [0.15, 0.2) is 0 Å². The molecule has 0 atom stereocenters. The number of benzene rings is 1. The Kier molecular flexibility index (Phi) is 4.35. The second-order valence-corrected chi connectivity index (χ2v) is 5.85. The van der Waals surface area contributed by atoms with Crippen molar-refractivity contribution in [3.05, 3.63) is 90.3 Å². The maximum Gasteiger partial charge on any atom is 0.221 e. The SMILES string of the molecule is Nc1nc(-c2ccccn2)c(Cc2ccccc2)c(-c2ccccn2)n1. The van der Waals surface area contributed by atoms with Gasteiger partial charge in [-0.1, -0.05) is 42.5 Å². The number of nitrogens with zero attached hydrogens (tertiary/aromatic N) is 4. The van der Waals surface area contributed by atoms with Gasteiger partial charge in [-0.05, 0) is 29.8 Å². The van der Waals surface area contributed by atoms with Gasteiger partial charge < -0.3 is 5.73 Å². The molecule has 0 fully saturated rings. The molecular formula is C21H17N5. The highest BCUT2D eigenvalue weighted by molar-refractivity contribution is 5.72. The predicted molar refractivity (Wildman–Crippen MR) is 102 cm³/mol. The molecule has 0 bridgehead atoms. The van der Waals surface area contributed by atoms with Crippen LogP contribution in [0.4, 0.5) is 5.95 Å². The van der Waals surface area contributed by atoms with Gasteiger partial charge in [0.05, 0.1) is 22.8 Å². The topological polar surface area (TPSA) is 77.6 Å². The smallest absolute Gasteiger partial charge is 0.221 e. The number of anilines is 1. The van der Waals surface area contributed by atoms with Crippen LogP contribution >= 0.6 is 0 Å². The molecular weight excluding hydrogens is 322 g/mol. The van der Waals surface area contributed by atoms with Crippen LogP contribution in [-0.4, -0.2) is 19.9 Å². The molecule has 0 radical (unpaired) electrons. The van der Waals surface area contributed by atoms with E-state index in [2.05, 4.69) is 32.1 Å². The average molecular weight is 339 g/mol. The van der Waals surface area contributed by atoms with Crippen molar-refractivity contribution < 1.29 is 0 Å². The maximum absolute atomic E-state index is 6.02. The number of hydrogen-bond acceptors (Lipinski definition) is 5. The third-order valence-electron chi connectivity index (χ3n) is 4.06. The summed E-state index contributed by atoms with van der Waals surface area (Å²) in [7, 11) is 0. The molecule has 0 aliphatic heterocycles. The fourth-order valence-corrected chi connectivity index (χ4v) is 2.90. The zero-order valence-corrected chi connectivity index (χ0v) is 14.1. The van der Waals surface area contributed by atoms with E-state index < -0.39 is 0 Å². The van der Waals surface area contributed by atoms with Gasteiger partial charge in [-0.3, -0.25) is 9.97 Å². The quantitative estimate of drug-likeness (QED) is 0.612. The Morgan fingerprint density at radius 1 is 0.654 bits per heavy atom. The lowest BCUT2D eigenvalue weighted by Crippen LogP contribution is -2.07. The van der Waals surface area contributed by atoms with Crippen LogP contribution in [0.15, 0.2) is 79.1 Å². The molecule has 2 N–H and O–H groups in total. The first-order valence-corrected chi connectivity index (χ1v) is 8.34. The number of aromatic nitrogens is 4. The Morgan fingerprint density at radius 2 is 1.19 bits per heavy atom. The molecule has 0 aliphatic rings. The first-order valence-electron chi connectivity index (χ1n) is 8.34. The molecule has 4 aromatic rings. The van der Waals surface area contributed by atoms with E-state index in [0.29, 0.717) is 6.42 Å². The molecule has 5 heteroatoms. The third-order valence-corrected chi connectivity index (χ3v) is 4.06. The normalized spacial score (nSPS) is 10.6. The van der Waals surface area contributed by atoms with Gasteiger partial charge in [-0.2, -0.15) is 0 Å². The number of rotatable bonds is 4. The van der Waals surface area contributed by atoms with Crippen LogP contribution in [0.2, 0.25) is 0 Å². The molecule has 0 saturated carbocycles. The molecule has 0 unspecified atom stereocenters. The molecule has 5 nitrogen and oxygen atoms in total. The average Bonchev–Trinajstić information content (AvgIpc) is 2.71. The van der Waals surface area contributed by atoms with Gasteiger partial charge in [0.1, 0.15) is 0 Å². The second-order valence-electron chi connectivity index (χ2n) is 5.85. The first kappa shape index (κ1) is 15.9. The van der Waals surface area contributed by atoms with Crippen molar-refractivity contribution in [3.63, 3.8) is 0 Å². The minimum Gasteiger partial charge on any atom is -0.368 e. The molecule has 0 saturated heterocycles. The predicted octanol–water partition coefficient (Wildman–Crippen LogP) is 3.77. The number of nitrogens with two attached hydrogens (primary N) is 1. The van der Waals surface area contributed by atoms with Crippen LogP contribution in [0.1, 0.15) is 11.1 Å². The Bertz CT molecular complexity index is 942. The van der Waals surface area contributed by atoms with Crippen LogP contribution < -0.4 is 5.73 Å². The first-order chi connectivity index (χ1) is 12.8. The highest BCUT2D eigenvalue weighted by Gasteiger charge is 2.18. The van der Waals surface area contributed by atoms with Crippen LogP contribution in [0.3, 0.4) is 0 Å². The highest BCUT2D eigenvalue weighted by atomic mass is 15.0. The van der Waals surface area contributed by atoms with Crippen molar-refractivity contribution in [2.75, 3.05) is 5.73 Å². The minimum absolute atomic E-state index is 0.211. The lowest BCUT2D eigenvalue weighted by atomic mass is 9.98. The summed E-state index contributed by atoms with van der Waals surface area (Å²) in [6.45, 7) is 0. The van der Waals surface area contributed by atoms with Gasteiger partial charge in [0.25, 0.3) is 0 Å². The van der Waals surface area contributed by atoms with Crippen molar-refractivity contribution >= 4 is 5.95 Å². The summed E-state index contributed by atoms with van der Waals surface area (Å²) in [5, 5.41) is 0. The Labute approximate surface area is 151 Å². The summed E-state index contributed by atoms with van der Waals surface area (Å²) >= 11 is 0. The maximum atomic E-state index is 6.02. The zero-order valence-electron chi connectivity index (χ0n) is 14.1. The lowest BCUT2D eigenvalue weighted by molar-refractivity contribution is 1.07. The van der Waals surface area contributed by atoms with Crippen molar-refractivity contribution in [2.45, 2.75) is 6.42 Å². The molecule has 0 aliphatic carbocycles. The van der Waals surface area contributed by atoms with Gasteiger partial charge in [0, 0.05) is 24.4 Å². The highest BCUT2D eigenvalue weighted by Crippen LogP contribution is 2.30. The number of hydrogen-bond donors (Lipinski definition) is 1. The summed E-state index contributed by atoms with van der Waals surface area (Å²) in [5.74, 6) is 0.211. The summed E-state index contributed by atoms with van der Waals surface area (Å²) in [4.78, 5) is 17.9. The molecule has 26 heavy (non-hydrogen) atoms. The minimum atomic E-state index is 0.211. The van der Waals surface area contributed by atoms with E-state index in [-0.39, 0.29) is 5.95 Å². The van der Waals surface area contributed by atoms with E-state index in [1.807, 2.05) is 54.6 Å². The Hall–Kier alpha value is -3.60. The van der Waals surface area contributed by atoms with Crippen LogP contribution in [0.25, 0.3) is 22.8 Å². The largest absolute Gasteiger partial charge is 0.368 e. The lowest BCUT2D eigenvalue weighted by Gasteiger charge is -2.14.